The van der Waals surface area contributed by atoms with E-state index in [1.54, 1.807) is 6.07 Å². The van der Waals surface area contributed by atoms with Crippen LogP contribution in [0.15, 0.2) is 11.1 Å². The van der Waals surface area contributed by atoms with E-state index in [4.69, 9.17) is 16.8 Å². The van der Waals surface area contributed by atoms with E-state index < -0.39 is 0 Å². The minimum Gasteiger partial charge on any atom is -0.290 e. The molecule has 6 heteroatoms. The Morgan fingerprint density at radius 2 is 2.24 bits per heavy atom. The second-order valence-corrected chi connectivity index (χ2v) is 4.07. The summed E-state index contributed by atoms with van der Waals surface area (Å²) in [5.41, 5.74) is 2.76. The predicted octanol–water partition coefficient (Wildman–Crippen LogP) is 2.89. The third-order valence-electron chi connectivity index (χ3n) is 2.36. The van der Waals surface area contributed by atoms with Gasteiger partial charge in [-0.3, -0.25) is 10.7 Å². The highest BCUT2D eigenvalue weighted by Crippen LogP contribution is 2.19. The Labute approximate surface area is 106 Å². The quantitative estimate of drug-likeness (QED) is 0.341. The lowest BCUT2D eigenvalue weighted by molar-refractivity contribution is 0.240. The van der Waals surface area contributed by atoms with Crippen LogP contribution in [0.4, 0.5) is 5.82 Å². The number of aromatic nitrogens is 2. The number of hydrogen-bond donors (Lipinski definition) is 2. The molecular weight excluding hydrogens is 240 g/mol. The van der Waals surface area contributed by atoms with E-state index in [0.29, 0.717) is 11.0 Å². The average Bonchev–Trinajstić information content (AvgIpc) is 2.35. The predicted molar refractivity (Wildman–Crippen MR) is 68.0 cm³/mol. The third-order valence-corrected chi connectivity index (χ3v) is 2.68. The van der Waals surface area contributed by atoms with Crippen molar-refractivity contribution < 1.29 is 5.21 Å². The van der Waals surface area contributed by atoms with Crippen molar-refractivity contribution in [1.82, 2.24) is 15.7 Å². The molecule has 2 N–H and O–H groups in total. The van der Waals surface area contributed by atoms with E-state index >= 15 is 0 Å². The van der Waals surface area contributed by atoms with E-state index in [-0.39, 0.29) is 0 Å². The van der Waals surface area contributed by atoms with Crippen molar-refractivity contribution >= 4 is 23.8 Å². The highest BCUT2D eigenvalue weighted by Gasteiger charge is 2.04. The summed E-state index contributed by atoms with van der Waals surface area (Å²) in [6, 6.07) is 1.79. The zero-order valence-electron chi connectivity index (χ0n) is 9.86. The lowest BCUT2D eigenvalue weighted by Gasteiger charge is -2.03. The van der Waals surface area contributed by atoms with E-state index in [0.717, 1.165) is 24.7 Å². The highest BCUT2D eigenvalue weighted by molar-refractivity contribution is 6.30. The molecule has 0 saturated heterocycles. The zero-order chi connectivity index (χ0) is 12.5. The van der Waals surface area contributed by atoms with Gasteiger partial charge >= 0.3 is 0 Å². The van der Waals surface area contributed by atoms with Gasteiger partial charge in [0.15, 0.2) is 11.0 Å². The fourth-order valence-corrected chi connectivity index (χ4v) is 1.67. The van der Waals surface area contributed by atoms with Gasteiger partial charge in [-0.2, -0.15) is 0 Å². The summed E-state index contributed by atoms with van der Waals surface area (Å²) in [7, 11) is 0. The van der Waals surface area contributed by atoms with Crippen LogP contribution in [0.25, 0.3) is 0 Å². The Morgan fingerprint density at radius 1 is 1.41 bits per heavy atom. The Kier molecular flexibility index (Phi) is 6.50. The monoisotopic (exact) mass is 256 g/mol. The highest BCUT2D eigenvalue weighted by atomic mass is 35.5. The molecule has 1 heterocycles. The Balaban J connectivity index is 2.60. The minimum absolute atomic E-state index is 0.428. The number of rotatable bonds is 7. The maximum absolute atomic E-state index is 8.38. The van der Waals surface area contributed by atoms with Crippen LogP contribution in [0.3, 0.4) is 0 Å². The first-order valence-electron chi connectivity index (χ1n) is 5.72. The molecule has 0 aliphatic heterocycles. The largest absolute Gasteiger partial charge is 0.290 e. The molecule has 0 amide bonds. The van der Waals surface area contributed by atoms with Crippen molar-refractivity contribution in [3.8, 4) is 0 Å². The van der Waals surface area contributed by atoms with Gasteiger partial charge in [-0.15, -0.1) is 10.2 Å². The fourth-order valence-electron chi connectivity index (χ4n) is 1.48. The van der Waals surface area contributed by atoms with Crippen molar-refractivity contribution in [2.75, 3.05) is 0 Å². The molecule has 5 nitrogen and oxygen atoms in total. The van der Waals surface area contributed by atoms with Crippen LogP contribution in [-0.2, 0) is 6.42 Å². The molecule has 0 aromatic carbocycles. The van der Waals surface area contributed by atoms with Crippen LogP contribution < -0.4 is 5.48 Å². The SMILES string of the molecule is CCCCCCc1cc(N=CNO)nnc1Cl. The van der Waals surface area contributed by atoms with Gasteiger partial charge in [-0.1, -0.05) is 37.8 Å². The number of aliphatic imine (C=N–C) groups is 1. The first kappa shape index (κ1) is 13.9. The van der Waals surface area contributed by atoms with Crippen LogP contribution in [-0.4, -0.2) is 21.7 Å². The van der Waals surface area contributed by atoms with Gasteiger partial charge in [0.2, 0.25) is 0 Å². The molecule has 0 atom stereocenters. The molecule has 0 bridgehead atoms. The van der Waals surface area contributed by atoms with Gasteiger partial charge in [-0.25, -0.2) is 4.99 Å². The van der Waals surface area contributed by atoms with E-state index in [1.807, 2.05) is 5.48 Å². The second kappa shape index (κ2) is 7.97. The van der Waals surface area contributed by atoms with Gasteiger partial charge in [0.25, 0.3) is 0 Å². The molecule has 1 aromatic heterocycles. The summed E-state index contributed by atoms with van der Waals surface area (Å²) in [5, 5.41) is 16.4. The van der Waals surface area contributed by atoms with Gasteiger partial charge in [0.1, 0.15) is 6.34 Å². The Bertz CT molecular complexity index is 370. The van der Waals surface area contributed by atoms with E-state index in [9.17, 15) is 0 Å². The van der Waals surface area contributed by atoms with Crippen molar-refractivity contribution in [1.29, 1.82) is 0 Å². The van der Waals surface area contributed by atoms with E-state index in [2.05, 4.69) is 22.1 Å². The lowest BCUT2D eigenvalue weighted by atomic mass is 10.1. The first-order valence-corrected chi connectivity index (χ1v) is 6.10. The van der Waals surface area contributed by atoms with Crippen LogP contribution in [0, 0.1) is 0 Å². The lowest BCUT2D eigenvalue weighted by Crippen LogP contribution is -2.01. The summed E-state index contributed by atoms with van der Waals surface area (Å²) in [6.45, 7) is 2.18. The summed E-state index contributed by atoms with van der Waals surface area (Å²) < 4.78 is 0. The fraction of sp³-hybridized carbons (Fsp3) is 0.545. The van der Waals surface area contributed by atoms with Crippen LogP contribution in [0.1, 0.15) is 38.2 Å². The zero-order valence-corrected chi connectivity index (χ0v) is 10.6. The summed E-state index contributed by atoms with van der Waals surface area (Å²) >= 11 is 5.95. The molecule has 0 fully saturated rings. The number of halogens is 1. The molecule has 1 rings (SSSR count). The molecule has 0 aliphatic carbocycles. The molecule has 94 valence electrons. The Morgan fingerprint density at radius 3 is 2.94 bits per heavy atom. The van der Waals surface area contributed by atoms with Gasteiger partial charge in [0.05, 0.1) is 0 Å². The minimum atomic E-state index is 0.428. The summed E-state index contributed by atoms with van der Waals surface area (Å²) in [6.07, 6.45) is 6.73. The number of nitrogens with zero attached hydrogens (tertiary/aromatic N) is 3. The number of aryl methyl sites for hydroxylation is 1. The molecule has 0 spiro atoms. The number of unbranched alkanes of at least 4 members (excludes halogenated alkanes) is 3. The molecule has 0 radical (unpaired) electrons. The van der Waals surface area contributed by atoms with Crippen LogP contribution >= 0.6 is 11.6 Å². The number of nitrogens with one attached hydrogen (secondary N) is 1. The molecule has 17 heavy (non-hydrogen) atoms. The van der Waals surface area contributed by atoms with Gasteiger partial charge < -0.3 is 0 Å². The van der Waals surface area contributed by atoms with Crippen molar-refractivity contribution in [3.63, 3.8) is 0 Å². The van der Waals surface area contributed by atoms with Crippen molar-refractivity contribution in [3.05, 3.63) is 16.8 Å². The van der Waals surface area contributed by atoms with Crippen LogP contribution in [0.5, 0.6) is 0 Å². The standard InChI is InChI=1S/C11H17ClN4O/c1-2-3-4-5-6-9-7-10(13-8-14-17)15-16-11(9)12/h7-8,17H,2-6H2,1H3,(H,13,14,15). The summed E-state index contributed by atoms with van der Waals surface area (Å²) in [4.78, 5) is 3.85. The second-order valence-electron chi connectivity index (χ2n) is 3.72. The maximum Gasteiger partial charge on any atom is 0.176 e. The normalized spacial score (nSPS) is 11.0. The van der Waals surface area contributed by atoms with Crippen molar-refractivity contribution in [2.24, 2.45) is 4.99 Å². The summed E-state index contributed by atoms with van der Waals surface area (Å²) in [5.74, 6) is 0.432. The van der Waals surface area contributed by atoms with Gasteiger partial charge in [-0.05, 0) is 24.5 Å². The topological polar surface area (TPSA) is 70.4 Å². The number of hydrogen-bond acceptors (Lipinski definition) is 4. The molecule has 0 aliphatic rings. The molecular formula is C11H17ClN4O. The number of hydroxylamine groups is 1. The van der Waals surface area contributed by atoms with Gasteiger partial charge in [0, 0.05) is 0 Å². The molecule has 1 aromatic rings. The molecule has 0 unspecified atom stereocenters. The van der Waals surface area contributed by atoms with Crippen molar-refractivity contribution in [2.45, 2.75) is 39.0 Å². The maximum atomic E-state index is 8.38. The first-order chi connectivity index (χ1) is 8.27. The Hall–Kier alpha value is -1.20. The smallest absolute Gasteiger partial charge is 0.176 e. The molecule has 0 saturated carbocycles. The van der Waals surface area contributed by atoms with E-state index in [1.165, 1.54) is 19.3 Å². The average molecular weight is 257 g/mol. The third kappa shape index (κ3) is 5.10. The van der Waals surface area contributed by atoms with Crippen LogP contribution in [0.2, 0.25) is 5.15 Å².